The minimum atomic E-state index is -0.378. The van der Waals surface area contributed by atoms with E-state index in [1.165, 1.54) is 12.1 Å². The molecule has 31 heavy (non-hydrogen) atoms. The van der Waals surface area contributed by atoms with Crippen LogP contribution in [0.5, 0.6) is 0 Å². The van der Waals surface area contributed by atoms with Crippen molar-refractivity contribution in [3.8, 4) is 0 Å². The van der Waals surface area contributed by atoms with Gasteiger partial charge in [0.1, 0.15) is 11.4 Å². The Balaban J connectivity index is 1.51. The van der Waals surface area contributed by atoms with E-state index in [0.29, 0.717) is 12.2 Å². The van der Waals surface area contributed by atoms with Gasteiger partial charge in [-0.15, -0.1) is 0 Å². The second kappa shape index (κ2) is 9.01. The summed E-state index contributed by atoms with van der Waals surface area (Å²) in [6.07, 6.45) is 3.45. The summed E-state index contributed by atoms with van der Waals surface area (Å²) in [5, 5.41) is 8.95. The summed E-state index contributed by atoms with van der Waals surface area (Å²) in [6.45, 7) is 6.68. The van der Waals surface area contributed by atoms with Gasteiger partial charge in [-0.2, -0.15) is 5.10 Å². The average molecular weight is 426 g/mol. The first kappa shape index (κ1) is 21.2. The number of pyridine rings is 1. The number of anilines is 1. The number of hydrogen-bond acceptors (Lipinski definition) is 6. The van der Waals surface area contributed by atoms with E-state index in [4.69, 9.17) is 4.74 Å². The Bertz CT molecular complexity index is 1070. The number of carbonyl (C=O) groups is 1. The number of likely N-dealkylation sites (tertiary alicyclic amines) is 1. The molecular weight excluding hydrogens is 397 g/mol. The number of ether oxygens (including phenoxy) is 1. The van der Waals surface area contributed by atoms with Crippen molar-refractivity contribution in [2.75, 3.05) is 25.0 Å². The van der Waals surface area contributed by atoms with Gasteiger partial charge in [-0.1, -0.05) is 12.1 Å². The number of piperidine rings is 1. The molecule has 7 nitrogen and oxygen atoms in total. The maximum Gasteiger partial charge on any atom is 0.341 e. The predicted octanol–water partition coefficient (Wildman–Crippen LogP) is 3.67. The lowest BCUT2D eigenvalue weighted by Gasteiger charge is -2.33. The van der Waals surface area contributed by atoms with Crippen molar-refractivity contribution >= 4 is 22.7 Å². The van der Waals surface area contributed by atoms with E-state index in [1.807, 2.05) is 26.1 Å². The number of esters is 1. The predicted molar refractivity (Wildman–Crippen MR) is 118 cm³/mol. The molecule has 0 bridgehead atoms. The number of rotatable bonds is 6. The Labute approximate surface area is 181 Å². The zero-order chi connectivity index (χ0) is 22.0. The van der Waals surface area contributed by atoms with Crippen LogP contribution in [-0.4, -0.2) is 51.4 Å². The molecule has 0 unspecified atom stereocenters. The van der Waals surface area contributed by atoms with Gasteiger partial charge in [0.2, 0.25) is 0 Å². The second-order valence-electron chi connectivity index (χ2n) is 8.00. The molecule has 3 aromatic rings. The van der Waals surface area contributed by atoms with E-state index in [1.54, 1.807) is 17.8 Å². The van der Waals surface area contributed by atoms with Crippen molar-refractivity contribution in [2.24, 2.45) is 7.05 Å². The van der Waals surface area contributed by atoms with Crippen molar-refractivity contribution in [1.82, 2.24) is 19.7 Å². The number of aromatic nitrogens is 3. The summed E-state index contributed by atoms with van der Waals surface area (Å²) in [7, 11) is 1.85. The standard InChI is InChI=1S/C23H28FN5O2/c1-4-31-23(30)19-13-25-22-20(15(2)27-28(22)3)21(19)26-18-9-11-29(12-10-18)14-16-5-7-17(24)8-6-16/h5-8,13,18H,4,9-12,14H2,1-3H3,(H,25,26). The van der Waals surface area contributed by atoms with Crippen LogP contribution in [0, 0.1) is 12.7 Å². The fraction of sp³-hybridized carbons (Fsp3) is 0.435. The summed E-state index contributed by atoms with van der Waals surface area (Å²) >= 11 is 0. The van der Waals surface area contributed by atoms with Crippen molar-refractivity contribution < 1.29 is 13.9 Å². The van der Waals surface area contributed by atoms with E-state index < -0.39 is 0 Å². The quantitative estimate of drug-likeness (QED) is 0.608. The number of nitrogens with zero attached hydrogens (tertiary/aromatic N) is 4. The highest BCUT2D eigenvalue weighted by Gasteiger charge is 2.25. The van der Waals surface area contributed by atoms with Crippen LogP contribution >= 0.6 is 0 Å². The molecule has 164 valence electrons. The second-order valence-corrected chi connectivity index (χ2v) is 8.00. The first-order valence-electron chi connectivity index (χ1n) is 10.7. The van der Waals surface area contributed by atoms with E-state index in [-0.39, 0.29) is 17.8 Å². The smallest absolute Gasteiger partial charge is 0.341 e. The van der Waals surface area contributed by atoms with E-state index in [9.17, 15) is 9.18 Å². The molecule has 0 spiro atoms. The van der Waals surface area contributed by atoms with Crippen molar-refractivity contribution in [2.45, 2.75) is 39.3 Å². The molecule has 8 heteroatoms. The van der Waals surface area contributed by atoms with Gasteiger partial charge >= 0.3 is 5.97 Å². The van der Waals surface area contributed by atoms with Gasteiger partial charge in [0.15, 0.2) is 5.65 Å². The summed E-state index contributed by atoms with van der Waals surface area (Å²) < 4.78 is 20.1. The lowest BCUT2D eigenvalue weighted by atomic mass is 10.0. The molecule has 0 radical (unpaired) electrons. The number of benzene rings is 1. The Kier molecular flexibility index (Phi) is 6.18. The average Bonchev–Trinajstić information content (AvgIpc) is 3.05. The number of carbonyl (C=O) groups excluding carboxylic acids is 1. The number of hydrogen-bond donors (Lipinski definition) is 1. The van der Waals surface area contributed by atoms with Gasteiger partial charge in [-0.3, -0.25) is 9.58 Å². The molecule has 0 aliphatic carbocycles. The molecule has 0 amide bonds. The third-order valence-electron chi connectivity index (χ3n) is 5.78. The summed E-state index contributed by atoms with van der Waals surface area (Å²) in [4.78, 5) is 19.4. The van der Waals surface area contributed by atoms with Gasteiger partial charge in [-0.05, 0) is 44.4 Å². The molecule has 1 fully saturated rings. The van der Waals surface area contributed by atoms with E-state index >= 15 is 0 Å². The van der Waals surface area contributed by atoms with Crippen LogP contribution in [-0.2, 0) is 18.3 Å². The van der Waals surface area contributed by atoms with Gasteiger partial charge in [-0.25, -0.2) is 14.2 Å². The SMILES string of the molecule is CCOC(=O)c1cnc2c(c(C)nn2C)c1NC1CCN(Cc2ccc(F)cc2)CC1. The molecule has 3 heterocycles. The van der Waals surface area contributed by atoms with Crippen molar-refractivity contribution in [3.05, 3.63) is 53.1 Å². The Morgan fingerprint density at radius 1 is 1.26 bits per heavy atom. The Morgan fingerprint density at radius 2 is 1.97 bits per heavy atom. The Morgan fingerprint density at radius 3 is 2.65 bits per heavy atom. The maximum atomic E-state index is 13.1. The van der Waals surface area contributed by atoms with Gasteiger partial charge in [0.25, 0.3) is 0 Å². The normalized spacial score (nSPS) is 15.4. The van der Waals surface area contributed by atoms with Crippen molar-refractivity contribution in [3.63, 3.8) is 0 Å². The van der Waals surface area contributed by atoms with Crippen molar-refractivity contribution in [1.29, 1.82) is 0 Å². The molecule has 1 aliphatic heterocycles. The molecule has 1 N–H and O–H groups in total. The third-order valence-corrected chi connectivity index (χ3v) is 5.78. The molecule has 4 rings (SSSR count). The fourth-order valence-electron chi connectivity index (χ4n) is 4.21. The van der Waals surface area contributed by atoms with Crippen LogP contribution in [0.3, 0.4) is 0 Å². The van der Waals surface area contributed by atoms with Gasteiger partial charge in [0.05, 0.1) is 23.4 Å². The van der Waals surface area contributed by atoms with Gasteiger partial charge in [0, 0.05) is 38.9 Å². The van der Waals surface area contributed by atoms with Gasteiger partial charge < -0.3 is 10.1 Å². The molecule has 2 aromatic heterocycles. The highest BCUT2D eigenvalue weighted by molar-refractivity contribution is 6.05. The van der Waals surface area contributed by atoms with Crippen LogP contribution in [0.25, 0.3) is 11.0 Å². The zero-order valence-electron chi connectivity index (χ0n) is 18.2. The first-order valence-corrected chi connectivity index (χ1v) is 10.7. The van der Waals surface area contributed by atoms with E-state index in [0.717, 1.165) is 60.5 Å². The number of fused-ring (bicyclic) bond motifs is 1. The van der Waals surface area contributed by atoms with Crippen LogP contribution < -0.4 is 5.32 Å². The van der Waals surface area contributed by atoms with E-state index in [2.05, 4.69) is 20.3 Å². The topological polar surface area (TPSA) is 72.3 Å². The number of nitrogens with one attached hydrogen (secondary N) is 1. The molecule has 1 aliphatic rings. The van der Waals surface area contributed by atoms with Crippen LogP contribution in [0.4, 0.5) is 10.1 Å². The number of aryl methyl sites for hydroxylation is 2. The third kappa shape index (κ3) is 4.54. The zero-order valence-corrected chi connectivity index (χ0v) is 18.2. The Hall–Kier alpha value is -3.00. The maximum absolute atomic E-state index is 13.1. The summed E-state index contributed by atoms with van der Waals surface area (Å²) in [5.41, 5.74) is 3.87. The highest BCUT2D eigenvalue weighted by atomic mass is 19.1. The van der Waals surface area contributed by atoms with Crippen LogP contribution in [0.2, 0.25) is 0 Å². The molecular formula is C23H28FN5O2. The molecule has 0 saturated carbocycles. The van der Waals surface area contributed by atoms with Crippen LogP contribution in [0.15, 0.2) is 30.5 Å². The minimum absolute atomic E-state index is 0.210. The monoisotopic (exact) mass is 425 g/mol. The lowest BCUT2D eigenvalue weighted by Crippen LogP contribution is -2.39. The summed E-state index contributed by atoms with van der Waals surface area (Å²) in [6, 6.07) is 6.91. The molecule has 1 saturated heterocycles. The summed E-state index contributed by atoms with van der Waals surface area (Å²) in [5.74, 6) is -0.588. The molecule has 1 aromatic carbocycles. The fourth-order valence-corrected chi connectivity index (χ4v) is 4.21. The minimum Gasteiger partial charge on any atom is -0.462 e. The highest BCUT2D eigenvalue weighted by Crippen LogP contribution is 2.31. The largest absolute Gasteiger partial charge is 0.462 e. The first-order chi connectivity index (χ1) is 15.0. The molecule has 0 atom stereocenters. The lowest BCUT2D eigenvalue weighted by molar-refractivity contribution is 0.0527. The number of halogens is 1. The van der Waals surface area contributed by atoms with Crippen LogP contribution in [0.1, 0.15) is 41.4 Å².